The summed E-state index contributed by atoms with van der Waals surface area (Å²) in [6.07, 6.45) is 1.52. The zero-order valence-electron chi connectivity index (χ0n) is 11.8. The molecule has 112 valence electrons. The third kappa shape index (κ3) is 3.55. The van der Waals surface area contributed by atoms with Gasteiger partial charge in [0, 0.05) is 21.0 Å². The first-order chi connectivity index (χ1) is 11.2. The lowest BCUT2D eigenvalue weighted by atomic mass is 10.1. The molecule has 0 saturated carbocycles. The number of hydrogen-bond acceptors (Lipinski definition) is 3. The van der Waals surface area contributed by atoms with Crippen LogP contribution in [0.4, 0.5) is 4.39 Å². The number of nitriles is 1. The van der Waals surface area contributed by atoms with Crippen LogP contribution in [-0.2, 0) is 0 Å². The summed E-state index contributed by atoms with van der Waals surface area (Å²) in [5.74, 6) is -0.374. The van der Waals surface area contributed by atoms with Crippen LogP contribution >= 0.6 is 27.3 Å². The summed E-state index contributed by atoms with van der Waals surface area (Å²) < 4.78 is 14.6. The van der Waals surface area contributed by atoms with Gasteiger partial charge in [-0.2, -0.15) is 5.26 Å². The molecule has 0 fully saturated rings. The van der Waals surface area contributed by atoms with Crippen LogP contribution in [0.15, 0.2) is 58.4 Å². The van der Waals surface area contributed by atoms with Gasteiger partial charge in [-0.3, -0.25) is 0 Å². The van der Waals surface area contributed by atoms with Crippen molar-refractivity contribution < 1.29 is 4.39 Å². The van der Waals surface area contributed by atoms with Gasteiger partial charge < -0.3 is 0 Å². The first kappa shape index (κ1) is 15.6. The number of nitrogens with zero attached hydrogens (tertiary/aromatic N) is 2. The molecule has 0 spiro atoms. The van der Waals surface area contributed by atoms with E-state index in [0.29, 0.717) is 16.1 Å². The second-order valence-corrected chi connectivity index (χ2v) is 6.51. The minimum atomic E-state index is -0.374. The molecule has 23 heavy (non-hydrogen) atoms. The summed E-state index contributed by atoms with van der Waals surface area (Å²) in [5, 5.41) is 11.9. The van der Waals surface area contributed by atoms with Crippen LogP contribution < -0.4 is 0 Å². The molecule has 0 unspecified atom stereocenters. The van der Waals surface area contributed by atoms with Gasteiger partial charge in [0.15, 0.2) is 0 Å². The van der Waals surface area contributed by atoms with Crippen molar-refractivity contribution in [2.24, 2.45) is 0 Å². The van der Waals surface area contributed by atoms with Gasteiger partial charge in [0.05, 0.1) is 11.3 Å². The SMILES string of the molecule is N#C/C(=C\c1cc(Br)ccc1F)c1nc(-c2ccccc2)cs1. The van der Waals surface area contributed by atoms with E-state index in [9.17, 15) is 9.65 Å². The summed E-state index contributed by atoms with van der Waals surface area (Å²) in [5.41, 5.74) is 2.49. The highest BCUT2D eigenvalue weighted by Gasteiger charge is 2.10. The van der Waals surface area contributed by atoms with E-state index in [0.717, 1.165) is 15.7 Å². The Morgan fingerprint density at radius 3 is 2.74 bits per heavy atom. The van der Waals surface area contributed by atoms with Gasteiger partial charge in [-0.05, 0) is 24.3 Å². The van der Waals surface area contributed by atoms with Crippen LogP contribution in [-0.4, -0.2) is 4.98 Å². The molecule has 0 aliphatic rings. The Labute approximate surface area is 145 Å². The first-order valence-electron chi connectivity index (χ1n) is 6.75. The summed E-state index contributed by atoms with van der Waals surface area (Å²) in [6.45, 7) is 0. The van der Waals surface area contributed by atoms with Gasteiger partial charge in [0.1, 0.15) is 16.9 Å². The molecule has 0 atom stereocenters. The highest BCUT2D eigenvalue weighted by Crippen LogP contribution is 2.28. The molecule has 0 bridgehead atoms. The molecule has 0 aliphatic heterocycles. The molecule has 0 amide bonds. The average Bonchev–Trinajstić information content (AvgIpc) is 3.06. The predicted octanol–water partition coefficient (Wildman–Crippen LogP) is 5.78. The molecule has 3 rings (SSSR count). The molecule has 0 saturated heterocycles. The fraction of sp³-hybridized carbons (Fsp3) is 0. The third-order valence-corrected chi connectivity index (χ3v) is 4.55. The quantitative estimate of drug-likeness (QED) is 0.536. The molecule has 2 aromatic carbocycles. The van der Waals surface area contributed by atoms with E-state index in [1.54, 1.807) is 12.1 Å². The van der Waals surface area contributed by atoms with Crippen molar-refractivity contribution in [2.45, 2.75) is 0 Å². The lowest BCUT2D eigenvalue weighted by Gasteiger charge is -1.99. The Bertz CT molecular complexity index is 910. The molecule has 3 aromatic rings. The van der Waals surface area contributed by atoms with E-state index >= 15 is 0 Å². The lowest BCUT2D eigenvalue weighted by molar-refractivity contribution is 0.625. The molecular formula is C18H10BrFN2S. The zero-order chi connectivity index (χ0) is 16.2. The first-order valence-corrected chi connectivity index (χ1v) is 8.43. The Kier molecular flexibility index (Phi) is 4.65. The number of aromatic nitrogens is 1. The second kappa shape index (κ2) is 6.86. The Morgan fingerprint density at radius 1 is 1.22 bits per heavy atom. The van der Waals surface area contributed by atoms with E-state index in [1.807, 2.05) is 35.7 Å². The molecule has 1 heterocycles. The number of halogens is 2. The number of allylic oxidation sites excluding steroid dienone is 1. The van der Waals surface area contributed by atoms with Crippen molar-refractivity contribution >= 4 is 38.9 Å². The van der Waals surface area contributed by atoms with E-state index < -0.39 is 0 Å². The monoisotopic (exact) mass is 384 g/mol. The third-order valence-electron chi connectivity index (χ3n) is 3.18. The summed E-state index contributed by atoms with van der Waals surface area (Å²) in [6, 6.07) is 16.5. The Balaban J connectivity index is 1.99. The number of thiazole rings is 1. The fourth-order valence-corrected chi connectivity index (χ4v) is 3.23. The minimum absolute atomic E-state index is 0.342. The molecule has 0 radical (unpaired) electrons. The van der Waals surface area contributed by atoms with Gasteiger partial charge in [-0.25, -0.2) is 9.37 Å². The molecular weight excluding hydrogens is 375 g/mol. The van der Waals surface area contributed by atoms with Crippen LogP contribution in [0, 0.1) is 17.1 Å². The predicted molar refractivity (Wildman–Crippen MR) is 95.1 cm³/mol. The smallest absolute Gasteiger partial charge is 0.134 e. The maximum absolute atomic E-state index is 13.9. The fourth-order valence-electron chi connectivity index (χ4n) is 2.06. The Morgan fingerprint density at radius 2 is 2.00 bits per heavy atom. The molecule has 5 heteroatoms. The van der Waals surface area contributed by atoms with Crippen molar-refractivity contribution in [1.29, 1.82) is 5.26 Å². The van der Waals surface area contributed by atoms with Crippen molar-refractivity contribution in [3.8, 4) is 17.3 Å². The van der Waals surface area contributed by atoms with Crippen molar-refractivity contribution in [2.75, 3.05) is 0 Å². The average molecular weight is 385 g/mol. The van der Waals surface area contributed by atoms with Crippen LogP contribution in [0.1, 0.15) is 10.6 Å². The van der Waals surface area contributed by atoms with Gasteiger partial charge in [0.2, 0.25) is 0 Å². The van der Waals surface area contributed by atoms with Gasteiger partial charge >= 0.3 is 0 Å². The lowest BCUT2D eigenvalue weighted by Crippen LogP contribution is -1.86. The molecule has 2 nitrogen and oxygen atoms in total. The zero-order valence-corrected chi connectivity index (χ0v) is 14.2. The molecule has 0 aliphatic carbocycles. The van der Waals surface area contributed by atoms with Crippen LogP contribution in [0.3, 0.4) is 0 Å². The highest BCUT2D eigenvalue weighted by molar-refractivity contribution is 9.10. The normalized spacial score (nSPS) is 11.3. The molecule has 0 N–H and O–H groups in total. The van der Waals surface area contributed by atoms with Gasteiger partial charge in [-0.15, -0.1) is 11.3 Å². The van der Waals surface area contributed by atoms with E-state index in [1.165, 1.54) is 23.5 Å². The standard InChI is InChI=1S/C18H10BrFN2S/c19-15-6-7-16(20)13(9-15)8-14(10-21)18-22-17(11-23-18)12-4-2-1-3-5-12/h1-9,11H/b14-8+. The van der Waals surface area contributed by atoms with Crippen LogP contribution in [0.5, 0.6) is 0 Å². The summed E-state index contributed by atoms with van der Waals surface area (Å²) in [7, 11) is 0. The van der Waals surface area contributed by atoms with Gasteiger partial charge in [-0.1, -0.05) is 46.3 Å². The summed E-state index contributed by atoms with van der Waals surface area (Å²) >= 11 is 4.68. The number of benzene rings is 2. The van der Waals surface area contributed by atoms with Gasteiger partial charge in [0.25, 0.3) is 0 Å². The van der Waals surface area contributed by atoms with Crippen molar-refractivity contribution in [3.63, 3.8) is 0 Å². The largest absolute Gasteiger partial charge is 0.235 e. The number of hydrogen-bond donors (Lipinski definition) is 0. The second-order valence-electron chi connectivity index (χ2n) is 4.74. The van der Waals surface area contributed by atoms with E-state index in [2.05, 4.69) is 27.0 Å². The van der Waals surface area contributed by atoms with Crippen LogP contribution in [0.25, 0.3) is 22.9 Å². The maximum atomic E-state index is 13.9. The topological polar surface area (TPSA) is 36.7 Å². The molecule has 1 aromatic heterocycles. The number of rotatable bonds is 3. The van der Waals surface area contributed by atoms with E-state index in [-0.39, 0.29) is 5.82 Å². The van der Waals surface area contributed by atoms with Crippen molar-refractivity contribution in [1.82, 2.24) is 4.98 Å². The minimum Gasteiger partial charge on any atom is -0.235 e. The highest BCUT2D eigenvalue weighted by atomic mass is 79.9. The maximum Gasteiger partial charge on any atom is 0.134 e. The van der Waals surface area contributed by atoms with Crippen molar-refractivity contribution in [3.05, 3.63) is 74.8 Å². The van der Waals surface area contributed by atoms with E-state index in [4.69, 9.17) is 0 Å². The Hall–Kier alpha value is -2.29. The summed E-state index contributed by atoms with van der Waals surface area (Å²) in [4.78, 5) is 4.49. The van der Waals surface area contributed by atoms with Crippen LogP contribution in [0.2, 0.25) is 0 Å².